The van der Waals surface area contributed by atoms with Crippen LogP contribution in [0.15, 0.2) is 83.1 Å². The number of rotatable bonds is 8. The molecule has 0 spiro atoms. The summed E-state index contributed by atoms with van der Waals surface area (Å²) in [5.41, 5.74) is 6.75. The molecule has 1 N–H and O–H groups in total. The molecule has 6 nitrogen and oxygen atoms in total. The number of hydrogen-bond acceptors (Lipinski definition) is 5. The Morgan fingerprint density at radius 2 is 1.79 bits per heavy atom. The van der Waals surface area contributed by atoms with Gasteiger partial charge in [0.1, 0.15) is 13.2 Å². The number of nitrogens with one attached hydrogen (secondary N) is 1. The Labute approximate surface area is 200 Å². The predicted octanol–water partition coefficient (Wildman–Crippen LogP) is 4.97. The van der Waals surface area contributed by atoms with E-state index in [-0.39, 0.29) is 17.7 Å². The van der Waals surface area contributed by atoms with Gasteiger partial charge in [-0.2, -0.15) is 0 Å². The molecule has 0 aliphatic heterocycles. The molecule has 2 unspecified atom stereocenters. The van der Waals surface area contributed by atoms with Crippen LogP contribution in [0.5, 0.6) is 0 Å². The lowest BCUT2D eigenvalue weighted by atomic mass is 9.92. The van der Waals surface area contributed by atoms with E-state index in [9.17, 15) is 4.79 Å². The van der Waals surface area contributed by atoms with E-state index in [0.29, 0.717) is 17.0 Å². The second-order valence-electron chi connectivity index (χ2n) is 8.23. The molecule has 4 rings (SSSR count). The molecular weight excluding hydrogens is 426 g/mol. The van der Waals surface area contributed by atoms with Gasteiger partial charge in [-0.05, 0) is 42.0 Å². The van der Waals surface area contributed by atoms with Crippen LogP contribution < -0.4 is 5.32 Å². The average Bonchev–Trinajstić information content (AvgIpc) is 3.31. The van der Waals surface area contributed by atoms with Crippen molar-refractivity contribution in [3.05, 3.63) is 106 Å². The SMILES string of the molecule is CNC(=O)C(=NOC)c1ccccc1C=NOC(C)c1ccc(C2CCc3ccccc32)cc1. The molecule has 2 atom stereocenters. The molecule has 0 radical (unpaired) electrons. The van der Waals surface area contributed by atoms with Gasteiger partial charge in [0, 0.05) is 24.1 Å². The van der Waals surface area contributed by atoms with E-state index in [2.05, 4.69) is 64.2 Å². The van der Waals surface area contributed by atoms with Gasteiger partial charge >= 0.3 is 0 Å². The maximum Gasteiger partial charge on any atom is 0.273 e. The number of carbonyl (C=O) groups excluding carboxylic acids is 1. The van der Waals surface area contributed by atoms with Crippen molar-refractivity contribution in [3.63, 3.8) is 0 Å². The first-order valence-corrected chi connectivity index (χ1v) is 11.4. The minimum absolute atomic E-state index is 0.171. The minimum Gasteiger partial charge on any atom is -0.398 e. The molecule has 174 valence electrons. The lowest BCUT2D eigenvalue weighted by molar-refractivity contribution is -0.114. The van der Waals surface area contributed by atoms with Gasteiger partial charge in [-0.3, -0.25) is 4.79 Å². The van der Waals surface area contributed by atoms with Crippen LogP contribution in [0.4, 0.5) is 0 Å². The van der Waals surface area contributed by atoms with E-state index >= 15 is 0 Å². The average molecular weight is 456 g/mol. The predicted molar refractivity (Wildman–Crippen MR) is 134 cm³/mol. The van der Waals surface area contributed by atoms with Crippen LogP contribution in [-0.4, -0.2) is 32.0 Å². The van der Waals surface area contributed by atoms with Crippen LogP contribution in [0.25, 0.3) is 0 Å². The van der Waals surface area contributed by atoms with E-state index in [0.717, 1.165) is 18.4 Å². The topological polar surface area (TPSA) is 72.3 Å². The number of benzene rings is 3. The Balaban J connectivity index is 1.45. The molecule has 0 heterocycles. The Kier molecular flexibility index (Phi) is 7.38. The molecule has 0 aromatic heterocycles. The molecule has 0 fully saturated rings. The van der Waals surface area contributed by atoms with E-state index in [1.54, 1.807) is 19.3 Å². The zero-order valence-electron chi connectivity index (χ0n) is 19.7. The highest BCUT2D eigenvalue weighted by atomic mass is 16.6. The zero-order valence-corrected chi connectivity index (χ0v) is 19.7. The second-order valence-corrected chi connectivity index (χ2v) is 8.23. The van der Waals surface area contributed by atoms with Crippen LogP contribution in [0, 0.1) is 0 Å². The third-order valence-electron chi connectivity index (χ3n) is 6.19. The van der Waals surface area contributed by atoms with Crippen LogP contribution in [0.2, 0.25) is 0 Å². The fourth-order valence-electron chi connectivity index (χ4n) is 4.39. The van der Waals surface area contributed by atoms with Gasteiger partial charge in [-0.1, -0.05) is 83.1 Å². The van der Waals surface area contributed by atoms with Crippen LogP contribution in [-0.2, 0) is 20.9 Å². The molecule has 6 heteroatoms. The number of carbonyl (C=O) groups is 1. The highest BCUT2D eigenvalue weighted by molar-refractivity contribution is 6.46. The van der Waals surface area contributed by atoms with Crippen molar-refractivity contribution >= 4 is 17.8 Å². The molecule has 0 saturated heterocycles. The molecular formula is C28H29N3O3. The van der Waals surface area contributed by atoms with Crippen LogP contribution >= 0.6 is 0 Å². The summed E-state index contributed by atoms with van der Waals surface area (Å²) in [6.07, 6.45) is 3.65. The van der Waals surface area contributed by atoms with E-state index in [4.69, 9.17) is 9.68 Å². The first-order chi connectivity index (χ1) is 16.6. The largest absolute Gasteiger partial charge is 0.398 e. The van der Waals surface area contributed by atoms with Gasteiger partial charge in [-0.15, -0.1) is 0 Å². The van der Waals surface area contributed by atoms with Crippen LogP contribution in [0.3, 0.4) is 0 Å². The van der Waals surface area contributed by atoms with Crippen molar-refractivity contribution in [1.82, 2.24) is 5.32 Å². The summed E-state index contributed by atoms with van der Waals surface area (Å²) in [7, 11) is 2.95. The molecule has 0 bridgehead atoms. The van der Waals surface area contributed by atoms with Gasteiger partial charge < -0.3 is 15.0 Å². The van der Waals surface area contributed by atoms with E-state index in [1.807, 2.05) is 25.1 Å². The standard InChI is InChI=1S/C28H29N3O3/c1-19(20-12-14-22(15-13-20)25-17-16-21-8-4-6-10-24(21)25)34-30-18-23-9-5-7-11-26(23)27(31-33-3)28(32)29-2/h4-15,18-19,25H,16-17H2,1-3H3,(H,29,32). The fourth-order valence-corrected chi connectivity index (χ4v) is 4.39. The number of oxime groups is 2. The lowest BCUT2D eigenvalue weighted by Crippen LogP contribution is -2.29. The van der Waals surface area contributed by atoms with Crippen molar-refractivity contribution in [1.29, 1.82) is 0 Å². The maximum absolute atomic E-state index is 12.2. The molecule has 34 heavy (non-hydrogen) atoms. The first-order valence-electron chi connectivity index (χ1n) is 11.4. The first kappa shape index (κ1) is 23.2. The van der Waals surface area contributed by atoms with E-state index < -0.39 is 0 Å². The van der Waals surface area contributed by atoms with Gasteiger partial charge in [-0.25, -0.2) is 0 Å². The Morgan fingerprint density at radius 1 is 1.06 bits per heavy atom. The van der Waals surface area contributed by atoms with Gasteiger partial charge in [0.15, 0.2) is 5.71 Å². The normalized spacial score (nSPS) is 16.2. The zero-order chi connectivity index (χ0) is 23.9. The number of amides is 1. The summed E-state index contributed by atoms with van der Waals surface area (Å²) in [6, 6.07) is 24.6. The van der Waals surface area contributed by atoms with Crippen molar-refractivity contribution < 1.29 is 14.5 Å². The summed E-state index contributed by atoms with van der Waals surface area (Å²) in [5, 5.41) is 10.6. The molecule has 3 aromatic rings. The minimum atomic E-state index is -0.345. The number of aryl methyl sites for hydroxylation is 1. The number of hydrogen-bond donors (Lipinski definition) is 1. The van der Waals surface area contributed by atoms with Gasteiger partial charge in [0.2, 0.25) is 0 Å². The highest BCUT2D eigenvalue weighted by Gasteiger charge is 2.23. The third-order valence-corrected chi connectivity index (χ3v) is 6.19. The van der Waals surface area contributed by atoms with Crippen molar-refractivity contribution in [2.24, 2.45) is 10.3 Å². The summed E-state index contributed by atoms with van der Waals surface area (Å²) < 4.78 is 0. The Morgan fingerprint density at radius 3 is 2.56 bits per heavy atom. The maximum atomic E-state index is 12.2. The number of nitrogens with zero attached hydrogens (tertiary/aromatic N) is 2. The van der Waals surface area contributed by atoms with Gasteiger partial charge in [0.25, 0.3) is 5.91 Å². The summed E-state index contributed by atoms with van der Waals surface area (Å²) in [5.74, 6) is 0.112. The van der Waals surface area contributed by atoms with Gasteiger partial charge in [0.05, 0.1) is 6.21 Å². The quantitative estimate of drug-likeness (QED) is 0.385. The summed E-state index contributed by atoms with van der Waals surface area (Å²) in [6.45, 7) is 1.96. The Hall–Kier alpha value is -3.93. The number of fused-ring (bicyclic) bond motifs is 1. The Bertz CT molecular complexity index is 1200. The van der Waals surface area contributed by atoms with E-state index in [1.165, 1.54) is 23.8 Å². The van der Waals surface area contributed by atoms with Crippen LogP contribution in [0.1, 0.15) is 58.7 Å². The smallest absolute Gasteiger partial charge is 0.273 e. The molecule has 3 aromatic carbocycles. The third kappa shape index (κ3) is 5.01. The molecule has 1 aliphatic carbocycles. The summed E-state index contributed by atoms with van der Waals surface area (Å²) in [4.78, 5) is 22.8. The lowest BCUT2D eigenvalue weighted by Gasteiger charge is -2.15. The fraction of sp³-hybridized carbons (Fsp3) is 0.250. The summed E-state index contributed by atoms with van der Waals surface area (Å²) >= 11 is 0. The number of likely N-dealkylation sites (N-methyl/N-ethyl adjacent to an activating group) is 1. The molecule has 1 amide bonds. The molecule has 0 saturated carbocycles. The van der Waals surface area contributed by atoms with Crippen molar-refractivity contribution in [3.8, 4) is 0 Å². The molecule has 1 aliphatic rings. The van der Waals surface area contributed by atoms with Crippen molar-refractivity contribution in [2.45, 2.75) is 31.8 Å². The highest BCUT2D eigenvalue weighted by Crippen LogP contribution is 2.38. The second kappa shape index (κ2) is 10.8. The van der Waals surface area contributed by atoms with Crippen molar-refractivity contribution in [2.75, 3.05) is 14.2 Å². The monoisotopic (exact) mass is 455 g/mol.